The predicted octanol–water partition coefficient (Wildman–Crippen LogP) is 5.38. The van der Waals surface area contributed by atoms with Gasteiger partial charge in [-0.2, -0.15) is 0 Å². The zero-order valence-electron chi connectivity index (χ0n) is 17.8. The van der Waals surface area contributed by atoms with Crippen LogP contribution in [0.25, 0.3) is 0 Å². The number of nitrogens with zero attached hydrogens (tertiary/aromatic N) is 2. The van der Waals surface area contributed by atoms with Crippen LogP contribution in [0.15, 0.2) is 59.6 Å². The first-order valence-corrected chi connectivity index (χ1v) is 10.3. The standard InChI is InChI=1S/C25H34N2O/c1-24(2)20-25(15-17-28-24,18-21-8-6-5-7-9-21)14-16-26-19-22-10-12-23(13-11-22)27(3)4/h5-13,19H,14-18,20H2,1-4H3/t25-/m1/s1. The molecule has 0 N–H and O–H groups in total. The average Bonchev–Trinajstić information content (AvgIpc) is 2.66. The lowest BCUT2D eigenvalue weighted by molar-refractivity contribution is -0.106. The largest absolute Gasteiger partial charge is 0.378 e. The minimum Gasteiger partial charge on any atom is -0.378 e. The summed E-state index contributed by atoms with van der Waals surface area (Å²) in [6, 6.07) is 19.4. The Bertz CT molecular complexity index is 765. The Kier molecular flexibility index (Phi) is 6.56. The third-order valence-corrected chi connectivity index (χ3v) is 5.77. The van der Waals surface area contributed by atoms with E-state index in [2.05, 4.69) is 87.4 Å². The summed E-state index contributed by atoms with van der Waals surface area (Å²) in [5.74, 6) is 0. The van der Waals surface area contributed by atoms with Gasteiger partial charge in [-0.3, -0.25) is 4.99 Å². The topological polar surface area (TPSA) is 24.8 Å². The molecule has 1 aliphatic rings. The number of hydrogen-bond donors (Lipinski definition) is 0. The van der Waals surface area contributed by atoms with Crippen LogP contribution in [0.5, 0.6) is 0 Å². The zero-order valence-corrected chi connectivity index (χ0v) is 17.8. The number of rotatable bonds is 7. The van der Waals surface area contributed by atoms with Gasteiger partial charge in [0.1, 0.15) is 0 Å². The van der Waals surface area contributed by atoms with E-state index in [1.807, 2.05) is 6.21 Å². The molecule has 2 aromatic carbocycles. The van der Waals surface area contributed by atoms with E-state index in [0.717, 1.165) is 44.4 Å². The highest BCUT2D eigenvalue weighted by molar-refractivity contribution is 5.80. The molecule has 1 saturated heterocycles. The van der Waals surface area contributed by atoms with E-state index in [1.54, 1.807) is 0 Å². The van der Waals surface area contributed by atoms with Gasteiger partial charge in [-0.15, -0.1) is 0 Å². The first kappa shape index (κ1) is 20.6. The van der Waals surface area contributed by atoms with Gasteiger partial charge in [0.15, 0.2) is 0 Å². The third-order valence-electron chi connectivity index (χ3n) is 5.77. The summed E-state index contributed by atoms with van der Waals surface area (Å²) in [7, 11) is 4.12. The minimum atomic E-state index is -0.0568. The molecule has 1 fully saturated rings. The van der Waals surface area contributed by atoms with Crippen molar-refractivity contribution in [3.63, 3.8) is 0 Å². The van der Waals surface area contributed by atoms with Gasteiger partial charge < -0.3 is 9.64 Å². The molecule has 0 spiro atoms. The van der Waals surface area contributed by atoms with E-state index in [-0.39, 0.29) is 11.0 Å². The molecule has 28 heavy (non-hydrogen) atoms. The van der Waals surface area contributed by atoms with Crippen LogP contribution in [0.3, 0.4) is 0 Å². The van der Waals surface area contributed by atoms with E-state index in [4.69, 9.17) is 9.73 Å². The van der Waals surface area contributed by atoms with Gasteiger partial charge in [0.05, 0.1) is 5.60 Å². The average molecular weight is 379 g/mol. The van der Waals surface area contributed by atoms with Gasteiger partial charge in [-0.1, -0.05) is 42.5 Å². The second kappa shape index (κ2) is 8.91. The van der Waals surface area contributed by atoms with E-state index in [0.29, 0.717) is 0 Å². The molecule has 1 aliphatic heterocycles. The van der Waals surface area contributed by atoms with Gasteiger partial charge in [0.2, 0.25) is 0 Å². The quantitative estimate of drug-likeness (QED) is 0.604. The Morgan fingerprint density at radius 3 is 2.39 bits per heavy atom. The van der Waals surface area contributed by atoms with Gasteiger partial charge in [-0.25, -0.2) is 0 Å². The Labute approximate surface area is 170 Å². The molecular weight excluding hydrogens is 344 g/mol. The van der Waals surface area contributed by atoms with Gasteiger partial charge in [-0.05, 0) is 68.2 Å². The Balaban J connectivity index is 1.66. The third kappa shape index (κ3) is 5.68. The van der Waals surface area contributed by atoms with E-state index in [1.165, 1.54) is 11.3 Å². The van der Waals surface area contributed by atoms with E-state index < -0.39 is 0 Å². The molecule has 1 heterocycles. The number of hydrogen-bond acceptors (Lipinski definition) is 3. The van der Waals surface area contributed by atoms with Crippen molar-refractivity contribution in [1.29, 1.82) is 0 Å². The number of benzene rings is 2. The number of anilines is 1. The van der Waals surface area contributed by atoms with E-state index >= 15 is 0 Å². The van der Waals surface area contributed by atoms with Gasteiger partial charge in [0, 0.05) is 39.1 Å². The van der Waals surface area contributed by atoms with Crippen LogP contribution >= 0.6 is 0 Å². The lowest BCUT2D eigenvalue weighted by Crippen LogP contribution is -2.43. The zero-order chi connectivity index (χ0) is 20.0. The molecule has 0 amide bonds. The van der Waals surface area contributed by atoms with Crippen LogP contribution in [0.2, 0.25) is 0 Å². The van der Waals surface area contributed by atoms with Crippen molar-refractivity contribution in [2.45, 2.75) is 45.1 Å². The van der Waals surface area contributed by atoms with Crippen LogP contribution < -0.4 is 4.90 Å². The fourth-order valence-corrected chi connectivity index (χ4v) is 4.40. The molecule has 0 aromatic heterocycles. The van der Waals surface area contributed by atoms with Crippen molar-refractivity contribution in [2.75, 3.05) is 32.1 Å². The Hall–Kier alpha value is -2.13. The molecule has 3 nitrogen and oxygen atoms in total. The maximum Gasteiger partial charge on any atom is 0.0631 e. The van der Waals surface area contributed by atoms with Crippen molar-refractivity contribution in [3.8, 4) is 0 Å². The Morgan fingerprint density at radius 2 is 1.75 bits per heavy atom. The van der Waals surface area contributed by atoms with Crippen molar-refractivity contribution >= 4 is 11.9 Å². The molecule has 0 aliphatic carbocycles. The summed E-state index contributed by atoms with van der Waals surface area (Å²) in [4.78, 5) is 6.88. The number of aliphatic imine (C=N–C) groups is 1. The lowest BCUT2D eigenvalue weighted by Gasteiger charge is -2.45. The fraction of sp³-hybridized carbons (Fsp3) is 0.480. The van der Waals surface area contributed by atoms with Crippen molar-refractivity contribution in [3.05, 3.63) is 65.7 Å². The molecule has 0 unspecified atom stereocenters. The van der Waals surface area contributed by atoms with Crippen LogP contribution in [0, 0.1) is 5.41 Å². The SMILES string of the molecule is CN(C)c1ccc(C=NCC[C@]2(Cc3ccccc3)CCOC(C)(C)C2)cc1. The monoisotopic (exact) mass is 378 g/mol. The molecule has 2 aromatic rings. The van der Waals surface area contributed by atoms with Gasteiger partial charge in [0.25, 0.3) is 0 Å². The van der Waals surface area contributed by atoms with Gasteiger partial charge >= 0.3 is 0 Å². The summed E-state index contributed by atoms with van der Waals surface area (Å²) in [6.45, 7) is 6.15. The fourth-order valence-electron chi connectivity index (χ4n) is 4.40. The van der Waals surface area contributed by atoms with Crippen LogP contribution in [0.4, 0.5) is 5.69 Å². The van der Waals surface area contributed by atoms with Crippen LogP contribution in [-0.4, -0.2) is 39.1 Å². The molecule has 3 heteroatoms. The molecule has 150 valence electrons. The van der Waals surface area contributed by atoms with Crippen molar-refractivity contribution in [2.24, 2.45) is 10.4 Å². The maximum absolute atomic E-state index is 6.02. The molecule has 0 radical (unpaired) electrons. The van der Waals surface area contributed by atoms with Crippen molar-refractivity contribution in [1.82, 2.24) is 0 Å². The number of ether oxygens (including phenoxy) is 1. The summed E-state index contributed by atoms with van der Waals surface area (Å²) in [5, 5.41) is 0. The minimum absolute atomic E-state index is 0.0568. The first-order chi connectivity index (χ1) is 13.4. The van der Waals surface area contributed by atoms with E-state index in [9.17, 15) is 0 Å². The maximum atomic E-state index is 6.02. The first-order valence-electron chi connectivity index (χ1n) is 10.3. The second-order valence-electron chi connectivity index (χ2n) is 8.97. The summed E-state index contributed by atoms with van der Waals surface area (Å²) in [5.41, 5.74) is 4.00. The second-order valence-corrected chi connectivity index (χ2v) is 8.97. The molecule has 0 saturated carbocycles. The highest BCUT2D eigenvalue weighted by Crippen LogP contribution is 2.44. The predicted molar refractivity (Wildman–Crippen MR) is 120 cm³/mol. The molecule has 3 rings (SSSR count). The highest BCUT2D eigenvalue weighted by atomic mass is 16.5. The van der Waals surface area contributed by atoms with Crippen LogP contribution in [0.1, 0.15) is 44.2 Å². The molecule has 0 bridgehead atoms. The summed E-state index contributed by atoms with van der Waals surface area (Å²) >= 11 is 0. The Morgan fingerprint density at radius 1 is 1.04 bits per heavy atom. The summed E-state index contributed by atoms with van der Waals surface area (Å²) < 4.78 is 6.02. The smallest absolute Gasteiger partial charge is 0.0631 e. The summed E-state index contributed by atoms with van der Waals surface area (Å²) in [6.07, 6.45) is 6.41. The van der Waals surface area contributed by atoms with Crippen molar-refractivity contribution < 1.29 is 4.74 Å². The molecule has 1 atom stereocenters. The highest BCUT2D eigenvalue weighted by Gasteiger charge is 2.40. The lowest BCUT2D eigenvalue weighted by atomic mass is 9.68. The normalized spacial score (nSPS) is 21.7. The molecular formula is C25H34N2O. The van der Waals surface area contributed by atoms with Crippen LogP contribution in [-0.2, 0) is 11.2 Å².